The van der Waals surface area contributed by atoms with Gasteiger partial charge in [0.05, 0.1) is 0 Å². The fraction of sp³-hybridized carbons (Fsp3) is 0.500. The Hall–Kier alpha value is -0.890. The van der Waals surface area contributed by atoms with Crippen LogP contribution in [0.2, 0.25) is 0 Å². The predicted molar refractivity (Wildman–Crippen MR) is 55.5 cm³/mol. The molecule has 0 saturated heterocycles. The summed E-state index contributed by atoms with van der Waals surface area (Å²) in [6.45, 7) is 3.08. The summed E-state index contributed by atoms with van der Waals surface area (Å²) in [5.41, 5.74) is 1.22. The van der Waals surface area contributed by atoms with Crippen LogP contribution in [0.5, 0.6) is 0 Å². The maximum Gasteiger partial charge on any atom is 0.123 e. The molecule has 14 heavy (non-hydrogen) atoms. The molecule has 1 N–H and O–H groups in total. The Balaban J connectivity index is 2.13. The lowest BCUT2D eigenvalue weighted by molar-refractivity contribution is 0.495. The Morgan fingerprint density at radius 3 is 2.50 bits per heavy atom. The number of benzene rings is 1. The van der Waals surface area contributed by atoms with Gasteiger partial charge in [-0.15, -0.1) is 0 Å². The largest absolute Gasteiger partial charge is 0.310 e. The van der Waals surface area contributed by atoms with E-state index in [1.807, 2.05) is 12.1 Å². The van der Waals surface area contributed by atoms with Crippen LogP contribution in [0.15, 0.2) is 24.3 Å². The third-order valence-corrected chi connectivity index (χ3v) is 2.75. The van der Waals surface area contributed by atoms with Crippen molar-refractivity contribution in [3.63, 3.8) is 0 Å². The van der Waals surface area contributed by atoms with Gasteiger partial charge in [0.15, 0.2) is 0 Å². The molecule has 0 amide bonds. The zero-order valence-electron chi connectivity index (χ0n) is 8.46. The molecule has 76 valence electrons. The monoisotopic (exact) mass is 193 g/mol. The molecule has 0 radical (unpaired) electrons. The normalized spacial score (nSPS) is 18.1. The lowest BCUT2D eigenvalue weighted by Crippen LogP contribution is -2.22. The van der Waals surface area contributed by atoms with E-state index in [9.17, 15) is 4.39 Å². The lowest BCUT2D eigenvalue weighted by Gasteiger charge is -2.17. The highest BCUT2D eigenvalue weighted by molar-refractivity contribution is 5.21. The lowest BCUT2D eigenvalue weighted by atomic mass is 10.0. The van der Waals surface area contributed by atoms with Gasteiger partial charge in [0.2, 0.25) is 0 Å². The summed E-state index contributed by atoms with van der Waals surface area (Å²) in [6, 6.07) is 7.30. The first-order valence-corrected chi connectivity index (χ1v) is 5.30. The van der Waals surface area contributed by atoms with Crippen molar-refractivity contribution in [2.45, 2.75) is 25.8 Å². The topological polar surface area (TPSA) is 12.0 Å². The van der Waals surface area contributed by atoms with E-state index < -0.39 is 0 Å². The Morgan fingerprint density at radius 2 is 2.00 bits per heavy atom. The average molecular weight is 193 g/mol. The summed E-state index contributed by atoms with van der Waals surface area (Å²) in [5.74, 6) is 0.611. The van der Waals surface area contributed by atoms with Crippen molar-refractivity contribution < 1.29 is 4.39 Å². The molecule has 0 heterocycles. The molecular formula is C12H16FN. The minimum Gasteiger partial charge on any atom is -0.310 e. The molecule has 1 aromatic rings. The number of rotatable bonds is 4. The third kappa shape index (κ3) is 2.13. The minimum atomic E-state index is -0.153. The van der Waals surface area contributed by atoms with E-state index in [1.165, 1.54) is 18.4 Å². The Kier molecular flexibility index (Phi) is 2.82. The summed E-state index contributed by atoms with van der Waals surface area (Å²) in [4.78, 5) is 0. The van der Waals surface area contributed by atoms with Gasteiger partial charge in [0.25, 0.3) is 0 Å². The Morgan fingerprint density at radius 1 is 1.36 bits per heavy atom. The van der Waals surface area contributed by atoms with Crippen LogP contribution < -0.4 is 5.32 Å². The maximum absolute atomic E-state index is 12.7. The second-order valence-electron chi connectivity index (χ2n) is 3.92. The zero-order valence-corrected chi connectivity index (χ0v) is 8.46. The van der Waals surface area contributed by atoms with Crippen molar-refractivity contribution >= 4 is 0 Å². The molecule has 1 aliphatic carbocycles. The minimum absolute atomic E-state index is 0.153. The van der Waals surface area contributed by atoms with Crippen LogP contribution in [0, 0.1) is 11.7 Å². The van der Waals surface area contributed by atoms with Crippen LogP contribution in [0.3, 0.4) is 0 Å². The van der Waals surface area contributed by atoms with Crippen molar-refractivity contribution in [3.8, 4) is 0 Å². The van der Waals surface area contributed by atoms with E-state index in [0.717, 1.165) is 12.5 Å². The van der Waals surface area contributed by atoms with Crippen LogP contribution >= 0.6 is 0 Å². The van der Waals surface area contributed by atoms with Gasteiger partial charge in [-0.3, -0.25) is 0 Å². The fourth-order valence-corrected chi connectivity index (χ4v) is 1.88. The van der Waals surface area contributed by atoms with Gasteiger partial charge in [0, 0.05) is 6.04 Å². The summed E-state index contributed by atoms with van der Waals surface area (Å²) in [7, 11) is 0. The van der Waals surface area contributed by atoms with Crippen LogP contribution in [0.4, 0.5) is 4.39 Å². The first-order chi connectivity index (χ1) is 6.81. The van der Waals surface area contributed by atoms with Gasteiger partial charge in [-0.25, -0.2) is 4.39 Å². The van der Waals surface area contributed by atoms with Crippen LogP contribution in [-0.2, 0) is 0 Å². The van der Waals surface area contributed by atoms with Gasteiger partial charge in [-0.1, -0.05) is 19.1 Å². The number of halogens is 1. The molecular weight excluding hydrogens is 177 g/mol. The molecule has 1 saturated carbocycles. The van der Waals surface area contributed by atoms with Gasteiger partial charge in [-0.2, -0.15) is 0 Å². The van der Waals surface area contributed by atoms with Crippen molar-refractivity contribution in [2.24, 2.45) is 5.92 Å². The van der Waals surface area contributed by atoms with Crippen molar-refractivity contribution in [2.75, 3.05) is 6.54 Å². The van der Waals surface area contributed by atoms with Gasteiger partial charge in [0.1, 0.15) is 5.82 Å². The van der Waals surface area contributed by atoms with Crippen LogP contribution in [0.25, 0.3) is 0 Å². The molecule has 2 rings (SSSR count). The number of hydrogen-bond donors (Lipinski definition) is 1. The summed E-state index contributed by atoms with van der Waals surface area (Å²) in [5, 5.41) is 3.46. The highest BCUT2D eigenvalue weighted by atomic mass is 19.1. The second-order valence-corrected chi connectivity index (χ2v) is 3.92. The van der Waals surface area contributed by atoms with E-state index in [0.29, 0.717) is 6.04 Å². The molecule has 1 aliphatic rings. The molecule has 0 aromatic heterocycles. The van der Waals surface area contributed by atoms with Crippen molar-refractivity contribution in [1.29, 1.82) is 0 Å². The summed E-state index contributed by atoms with van der Waals surface area (Å²) < 4.78 is 12.7. The molecule has 1 atom stereocenters. The zero-order chi connectivity index (χ0) is 9.97. The fourth-order valence-electron chi connectivity index (χ4n) is 1.88. The molecule has 1 aromatic carbocycles. The summed E-state index contributed by atoms with van der Waals surface area (Å²) >= 11 is 0. The smallest absolute Gasteiger partial charge is 0.123 e. The van der Waals surface area contributed by atoms with Gasteiger partial charge >= 0.3 is 0 Å². The molecule has 1 fully saturated rings. The summed E-state index contributed by atoms with van der Waals surface area (Å²) in [6.07, 6.45) is 2.60. The van der Waals surface area contributed by atoms with Gasteiger partial charge < -0.3 is 5.32 Å². The molecule has 1 unspecified atom stereocenters. The quantitative estimate of drug-likeness (QED) is 0.775. The van der Waals surface area contributed by atoms with E-state index >= 15 is 0 Å². The molecule has 0 spiro atoms. The SMILES string of the molecule is CCNC(c1ccc(F)cc1)C1CC1. The Labute approximate surface area is 84.3 Å². The highest BCUT2D eigenvalue weighted by Gasteiger charge is 2.31. The number of hydrogen-bond acceptors (Lipinski definition) is 1. The van der Waals surface area contributed by atoms with Crippen LogP contribution in [0.1, 0.15) is 31.4 Å². The second kappa shape index (κ2) is 4.09. The van der Waals surface area contributed by atoms with E-state index in [-0.39, 0.29) is 5.82 Å². The van der Waals surface area contributed by atoms with E-state index in [2.05, 4.69) is 12.2 Å². The molecule has 0 aliphatic heterocycles. The first kappa shape index (κ1) is 9.66. The average Bonchev–Trinajstić information content (AvgIpc) is 2.99. The molecule has 2 heteroatoms. The Bertz CT molecular complexity index is 290. The van der Waals surface area contributed by atoms with E-state index in [4.69, 9.17) is 0 Å². The standard InChI is InChI=1S/C12H16FN/c1-2-14-12(9-3-4-9)10-5-7-11(13)8-6-10/h5-9,12,14H,2-4H2,1H3. The van der Waals surface area contributed by atoms with E-state index in [1.54, 1.807) is 12.1 Å². The van der Waals surface area contributed by atoms with Crippen molar-refractivity contribution in [1.82, 2.24) is 5.32 Å². The molecule has 0 bridgehead atoms. The number of nitrogens with one attached hydrogen (secondary N) is 1. The van der Waals surface area contributed by atoms with Gasteiger partial charge in [-0.05, 0) is 43.0 Å². The first-order valence-electron chi connectivity index (χ1n) is 5.30. The molecule has 1 nitrogen and oxygen atoms in total. The maximum atomic E-state index is 12.7. The van der Waals surface area contributed by atoms with Crippen LogP contribution in [-0.4, -0.2) is 6.54 Å². The predicted octanol–water partition coefficient (Wildman–Crippen LogP) is 2.89. The highest BCUT2D eigenvalue weighted by Crippen LogP contribution is 2.40. The van der Waals surface area contributed by atoms with Crippen molar-refractivity contribution in [3.05, 3.63) is 35.6 Å². The third-order valence-electron chi connectivity index (χ3n) is 2.75.